The molecule has 1 aliphatic carbocycles. The minimum Gasteiger partial charge on any atom is -0.351 e. The molecule has 2 aliphatic rings. The van der Waals surface area contributed by atoms with Crippen molar-refractivity contribution in [2.75, 3.05) is 0 Å². The van der Waals surface area contributed by atoms with Crippen LogP contribution in [0.15, 0.2) is 60.0 Å². The van der Waals surface area contributed by atoms with Gasteiger partial charge < -0.3 is 5.73 Å². The van der Waals surface area contributed by atoms with Crippen molar-refractivity contribution in [3.8, 4) is 0 Å². The van der Waals surface area contributed by atoms with Crippen LogP contribution >= 0.6 is 0 Å². The van der Waals surface area contributed by atoms with Gasteiger partial charge in [0.15, 0.2) is 0 Å². The smallest absolute Gasteiger partial charge is 0.323 e. The van der Waals surface area contributed by atoms with Crippen LogP contribution in [0.2, 0.25) is 0 Å². The van der Waals surface area contributed by atoms with Gasteiger partial charge >= 0.3 is 6.03 Å². The highest BCUT2D eigenvalue weighted by Gasteiger charge is 2.19. The van der Waals surface area contributed by atoms with E-state index in [1.807, 2.05) is 54.6 Å². The van der Waals surface area contributed by atoms with Gasteiger partial charge in [-0.15, -0.1) is 0 Å². The Balaban J connectivity index is 2.18. The Kier molecular flexibility index (Phi) is 2.38. The van der Waals surface area contributed by atoms with Gasteiger partial charge in [-0.3, -0.25) is 4.90 Å². The Morgan fingerprint density at radius 1 is 1.11 bits per heavy atom. The highest BCUT2D eigenvalue weighted by Crippen LogP contribution is 2.29. The first-order chi connectivity index (χ1) is 8.75. The number of rotatable bonds is 0. The van der Waals surface area contributed by atoms with E-state index in [9.17, 15) is 4.79 Å². The lowest BCUT2D eigenvalue weighted by Gasteiger charge is -2.22. The normalized spacial score (nSPS) is 16.3. The Morgan fingerprint density at radius 3 is 2.67 bits per heavy atom. The molecular weight excluding hydrogens is 224 g/mol. The standard InChI is InChI=1S/C15H12N2O/c16-15(18)17-9-3-6-12-8-7-11-4-1-2-5-13(11)10-14(12)17/h1-10H,(H2,16,18). The third kappa shape index (κ3) is 1.66. The lowest BCUT2D eigenvalue weighted by molar-refractivity contribution is 0.233. The van der Waals surface area contributed by atoms with E-state index in [1.165, 1.54) is 4.90 Å². The Hall–Kier alpha value is -2.55. The number of nitrogens with two attached hydrogens (primary N) is 1. The van der Waals surface area contributed by atoms with Crippen LogP contribution in [0.5, 0.6) is 0 Å². The number of urea groups is 1. The summed E-state index contributed by atoms with van der Waals surface area (Å²) in [6, 6.07) is 7.56. The second-order valence-electron chi connectivity index (χ2n) is 4.16. The fraction of sp³-hybridized carbons (Fsp3) is 0. The van der Waals surface area contributed by atoms with Crippen molar-refractivity contribution in [1.82, 2.24) is 4.90 Å². The number of carbonyl (C=O) groups excluding carboxylic acids is 1. The number of primary amides is 1. The van der Waals surface area contributed by atoms with Gasteiger partial charge in [0, 0.05) is 6.20 Å². The van der Waals surface area contributed by atoms with Gasteiger partial charge in [0.25, 0.3) is 0 Å². The fourth-order valence-electron chi connectivity index (χ4n) is 2.14. The van der Waals surface area contributed by atoms with Crippen molar-refractivity contribution in [3.05, 3.63) is 71.1 Å². The summed E-state index contributed by atoms with van der Waals surface area (Å²) in [6.45, 7) is 0. The predicted molar refractivity (Wildman–Crippen MR) is 72.1 cm³/mol. The molecule has 88 valence electrons. The maximum Gasteiger partial charge on any atom is 0.323 e. The number of nitrogens with zero attached hydrogens (tertiary/aromatic N) is 1. The van der Waals surface area contributed by atoms with Gasteiger partial charge in [-0.25, -0.2) is 4.79 Å². The van der Waals surface area contributed by atoms with Crippen molar-refractivity contribution in [3.63, 3.8) is 0 Å². The lowest BCUT2D eigenvalue weighted by Crippen LogP contribution is -2.31. The summed E-state index contributed by atoms with van der Waals surface area (Å²) in [7, 11) is 0. The summed E-state index contributed by atoms with van der Waals surface area (Å²) < 4.78 is 0. The SMILES string of the molecule is NC(=O)N1C=CC=C2C=Cc3ccccc3C=C21. The first-order valence-electron chi connectivity index (χ1n) is 5.72. The molecule has 1 aromatic carbocycles. The molecule has 0 unspecified atom stereocenters. The monoisotopic (exact) mass is 236 g/mol. The highest BCUT2D eigenvalue weighted by molar-refractivity contribution is 5.83. The molecule has 2 amide bonds. The molecule has 0 bridgehead atoms. The molecule has 3 nitrogen and oxygen atoms in total. The third-order valence-electron chi connectivity index (χ3n) is 3.03. The molecule has 0 fully saturated rings. The van der Waals surface area contributed by atoms with Crippen LogP contribution in [0, 0.1) is 0 Å². The number of carbonyl (C=O) groups is 1. The molecule has 0 saturated carbocycles. The van der Waals surface area contributed by atoms with Crippen molar-refractivity contribution < 1.29 is 4.79 Å². The van der Waals surface area contributed by atoms with E-state index in [4.69, 9.17) is 5.73 Å². The Bertz CT molecular complexity index is 636. The molecule has 1 aromatic rings. The number of hydrogen-bond donors (Lipinski definition) is 1. The summed E-state index contributed by atoms with van der Waals surface area (Å²) in [5, 5.41) is 0. The van der Waals surface area contributed by atoms with E-state index in [2.05, 4.69) is 0 Å². The average Bonchev–Trinajstić information content (AvgIpc) is 2.57. The zero-order valence-corrected chi connectivity index (χ0v) is 9.71. The van der Waals surface area contributed by atoms with E-state index in [0.29, 0.717) is 0 Å². The quantitative estimate of drug-likeness (QED) is 0.739. The molecule has 3 rings (SSSR count). The van der Waals surface area contributed by atoms with Crippen LogP contribution in [0.1, 0.15) is 11.1 Å². The van der Waals surface area contributed by atoms with E-state index < -0.39 is 6.03 Å². The Morgan fingerprint density at radius 2 is 1.89 bits per heavy atom. The molecule has 0 aromatic heterocycles. The molecule has 2 N–H and O–H groups in total. The van der Waals surface area contributed by atoms with Crippen LogP contribution in [0.3, 0.4) is 0 Å². The van der Waals surface area contributed by atoms with Crippen LogP contribution in [0.4, 0.5) is 4.79 Å². The molecule has 0 atom stereocenters. The summed E-state index contributed by atoms with van der Waals surface area (Å²) in [5.74, 6) is 0. The predicted octanol–water partition coefficient (Wildman–Crippen LogP) is 2.89. The minimum atomic E-state index is -0.476. The number of allylic oxidation sites excluding steroid dienone is 3. The van der Waals surface area contributed by atoms with Crippen LogP contribution in [0.25, 0.3) is 12.2 Å². The van der Waals surface area contributed by atoms with Gasteiger partial charge in [-0.05, 0) is 28.9 Å². The van der Waals surface area contributed by atoms with Crippen LogP contribution in [-0.4, -0.2) is 10.9 Å². The highest BCUT2D eigenvalue weighted by atomic mass is 16.2. The molecule has 1 aliphatic heterocycles. The summed E-state index contributed by atoms with van der Waals surface area (Å²) in [4.78, 5) is 12.9. The number of fused-ring (bicyclic) bond motifs is 2. The number of amides is 2. The second-order valence-corrected chi connectivity index (χ2v) is 4.16. The molecule has 1 heterocycles. The lowest BCUT2D eigenvalue weighted by atomic mass is 10.1. The Labute approximate surface area is 105 Å². The maximum atomic E-state index is 11.4. The molecule has 0 spiro atoms. The van der Waals surface area contributed by atoms with Gasteiger partial charge in [0.05, 0.1) is 5.70 Å². The van der Waals surface area contributed by atoms with E-state index in [0.717, 1.165) is 22.4 Å². The number of benzene rings is 1. The topological polar surface area (TPSA) is 46.3 Å². The fourth-order valence-corrected chi connectivity index (χ4v) is 2.14. The van der Waals surface area contributed by atoms with Crippen molar-refractivity contribution in [1.29, 1.82) is 0 Å². The van der Waals surface area contributed by atoms with E-state index in [1.54, 1.807) is 6.20 Å². The minimum absolute atomic E-state index is 0.476. The average molecular weight is 236 g/mol. The van der Waals surface area contributed by atoms with Crippen molar-refractivity contribution in [2.24, 2.45) is 5.73 Å². The van der Waals surface area contributed by atoms with Gasteiger partial charge in [-0.2, -0.15) is 0 Å². The van der Waals surface area contributed by atoms with Crippen LogP contribution < -0.4 is 5.73 Å². The zero-order chi connectivity index (χ0) is 12.5. The molecule has 0 radical (unpaired) electrons. The summed E-state index contributed by atoms with van der Waals surface area (Å²) in [6.07, 6.45) is 11.5. The van der Waals surface area contributed by atoms with E-state index in [-0.39, 0.29) is 0 Å². The van der Waals surface area contributed by atoms with Crippen molar-refractivity contribution >= 4 is 18.2 Å². The third-order valence-corrected chi connectivity index (χ3v) is 3.03. The van der Waals surface area contributed by atoms with Gasteiger partial charge in [0.1, 0.15) is 0 Å². The molecule has 18 heavy (non-hydrogen) atoms. The zero-order valence-electron chi connectivity index (χ0n) is 9.71. The van der Waals surface area contributed by atoms with Crippen LogP contribution in [-0.2, 0) is 0 Å². The maximum absolute atomic E-state index is 11.4. The van der Waals surface area contributed by atoms with E-state index >= 15 is 0 Å². The molecule has 0 saturated heterocycles. The second kappa shape index (κ2) is 4.04. The summed E-state index contributed by atoms with van der Waals surface area (Å²) in [5.41, 5.74) is 9.39. The molecular formula is C15H12N2O. The first-order valence-corrected chi connectivity index (χ1v) is 5.72. The van der Waals surface area contributed by atoms with Crippen molar-refractivity contribution in [2.45, 2.75) is 0 Å². The molecule has 3 heteroatoms. The van der Waals surface area contributed by atoms with Gasteiger partial charge in [-0.1, -0.05) is 42.5 Å². The summed E-state index contributed by atoms with van der Waals surface area (Å²) >= 11 is 0. The first kappa shape index (κ1) is 10.6. The number of hydrogen-bond acceptors (Lipinski definition) is 1. The largest absolute Gasteiger partial charge is 0.351 e. The van der Waals surface area contributed by atoms with Gasteiger partial charge in [0.2, 0.25) is 0 Å².